The number of aliphatic carboxylic acids is 1. The SMILES string of the molecule is O=C(O)CC1CC(c2cccc(Cl)c2)C(C(CCc2ccc(Cl)cc2)CN2CCOCC2)NC1=O. The second kappa shape index (κ2) is 12.2. The maximum Gasteiger partial charge on any atom is 0.304 e. The number of benzene rings is 2. The summed E-state index contributed by atoms with van der Waals surface area (Å²) in [7, 11) is 0. The van der Waals surface area contributed by atoms with Crippen molar-refractivity contribution in [3.05, 3.63) is 69.7 Å². The van der Waals surface area contributed by atoms with Gasteiger partial charge in [0, 0.05) is 47.6 Å². The molecule has 6 nitrogen and oxygen atoms in total. The molecule has 1 amide bonds. The van der Waals surface area contributed by atoms with Gasteiger partial charge in [0.1, 0.15) is 0 Å². The predicted molar refractivity (Wildman–Crippen MR) is 137 cm³/mol. The van der Waals surface area contributed by atoms with Gasteiger partial charge < -0.3 is 15.2 Å². The van der Waals surface area contributed by atoms with Crippen LogP contribution in [0, 0.1) is 11.8 Å². The third kappa shape index (κ3) is 7.20. The Bertz CT molecular complexity index is 1010. The summed E-state index contributed by atoms with van der Waals surface area (Å²) in [6.45, 7) is 3.98. The van der Waals surface area contributed by atoms with E-state index < -0.39 is 11.9 Å². The van der Waals surface area contributed by atoms with E-state index in [1.165, 1.54) is 5.56 Å². The first-order valence-electron chi connectivity index (χ1n) is 12.2. The zero-order valence-electron chi connectivity index (χ0n) is 19.7. The van der Waals surface area contributed by atoms with Gasteiger partial charge in [-0.1, -0.05) is 47.5 Å². The van der Waals surface area contributed by atoms with Crippen LogP contribution in [-0.2, 0) is 20.7 Å². The van der Waals surface area contributed by atoms with Crippen molar-refractivity contribution in [3.63, 3.8) is 0 Å². The number of carboxylic acid groups (broad SMARTS) is 1. The first-order valence-corrected chi connectivity index (χ1v) is 13.0. The van der Waals surface area contributed by atoms with Crippen LogP contribution in [0.1, 0.15) is 36.3 Å². The minimum Gasteiger partial charge on any atom is -0.481 e. The van der Waals surface area contributed by atoms with Crippen LogP contribution in [0.4, 0.5) is 0 Å². The maximum atomic E-state index is 13.0. The third-order valence-corrected chi connectivity index (χ3v) is 7.66. The average molecular weight is 519 g/mol. The van der Waals surface area contributed by atoms with Crippen LogP contribution in [0.2, 0.25) is 10.0 Å². The number of piperidine rings is 1. The highest BCUT2D eigenvalue weighted by Crippen LogP contribution is 2.38. The summed E-state index contributed by atoms with van der Waals surface area (Å²) < 4.78 is 5.54. The Balaban J connectivity index is 1.61. The lowest BCUT2D eigenvalue weighted by atomic mass is 9.73. The molecule has 4 rings (SSSR count). The molecule has 0 aliphatic carbocycles. The van der Waals surface area contributed by atoms with Gasteiger partial charge in [-0.2, -0.15) is 0 Å². The van der Waals surface area contributed by atoms with E-state index in [-0.39, 0.29) is 30.2 Å². The highest BCUT2D eigenvalue weighted by molar-refractivity contribution is 6.30. The summed E-state index contributed by atoms with van der Waals surface area (Å²) in [6, 6.07) is 15.5. The monoisotopic (exact) mass is 518 g/mol. The number of nitrogens with one attached hydrogen (secondary N) is 1. The van der Waals surface area contributed by atoms with Crippen molar-refractivity contribution >= 4 is 35.1 Å². The molecule has 4 unspecified atom stereocenters. The van der Waals surface area contributed by atoms with Gasteiger partial charge in [0.25, 0.3) is 0 Å². The number of morpholine rings is 1. The van der Waals surface area contributed by atoms with Gasteiger partial charge in [-0.15, -0.1) is 0 Å². The minimum atomic E-state index is -0.957. The number of amides is 1. The summed E-state index contributed by atoms with van der Waals surface area (Å²) in [5.74, 6) is -1.54. The van der Waals surface area contributed by atoms with E-state index in [1.54, 1.807) is 0 Å². The fourth-order valence-corrected chi connectivity index (χ4v) is 5.68. The Labute approximate surface area is 216 Å². The molecule has 0 radical (unpaired) electrons. The lowest BCUT2D eigenvalue weighted by molar-refractivity contribution is -0.142. The zero-order chi connectivity index (χ0) is 24.8. The summed E-state index contributed by atoms with van der Waals surface area (Å²) in [6.07, 6.45) is 2.06. The molecular weight excluding hydrogens is 487 g/mol. The molecule has 2 aromatic rings. The second-order valence-electron chi connectivity index (χ2n) is 9.56. The Morgan fingerprint density at radius 2 is 1.86 bits per heavy atom. The molecule has 2 heterocycles. The number of halogens is 2. The van der Waals surface area contributed by atoms with Crippen LogP contribution in [-0.4, -0.2) is 60.8 Å². The molecule has 2 aromatic carbocycles. The molecule has 2 fully saturated rings. The molecule has 0 saturated carbocycles. The van der Waals surface area contributed by atoms with Gasteiger partial charge in [0.05, 0.1) is 19.6 Å². The van der Waals surface area contributed by atoms with Crippen LogP contribution in [0.15, 0.2) is 48.5 Å². The lowest BCUT2D eigenvalue weighted by Crippen LogP contribution is -2.55. The number of rotatable bonds is 9. The smallest absolute Gasteiger partial charge is 0.304 e. The summed E-state index contributed by atoms with van der Waals surface area (Å²) in [4.78, 5) is 26.9. The standard InChI is InChI=1S/C27H32Cl2N2O4/c28-22-8-5-18(6-9-22)4-7-20(17-31-10-12-35-13-11-31)26-24(19-2-1-3-23(29)14-19)15-21(16-25(32)33)27(34)30-26/h1-3,5-6,8-9,14,20-21,24,26H,4,7,10-13,15-17H2,(H,30,34)(H,32,33). The molecule has 0 bridgehead atoms. The molecule has 2 aliphatic heterocycles. The molecule has 188 valence electrons. The number of aryl methyl sites for hydroxylation is 1. The summed E-state index contributed by atoms with van der Waals surface area (Å²) >= 11 is 12.4. The summed E-state index contributed by atoms with van der Waals surface area (Å²) in [5, 5.41) is 14.0. The number of hydrogen-bond donors (Lipinski definition) is 2. The summed E-state index contributed by atoms with van der Waals surface area (Å²) in [5.41, 5.74) is 2.24. The zero-order valence-corrected chi connectivity index (χ0v) is 21.2. The molecule has 4 atom stereocenters. The fourth-order valence-electron chi connectivity index (χ4n) is 5.36. The van der Waals surface area contributed by atoms with Crippen LogP contribution >= 0.6 is 23.2 Å². The molecule has 2 N–H and O–H groups in total. The average Bonchev–Trinajstić information content (AvgIpc) is 2.84. The number of carboxylic acids is 1. The number of hydrogen-bond acceptors (Lipinski definition) is 4. The van der Waals surface area contributed by atoms with E-state index in [0.717, 1.165) is 38.0 Å². The van der Waals surface area contributed by atoms with Crippen molar-refractivity contribution in [1.29, 1.82) is 0 Å². The molecule has 35 heavy (non-hydrogen) atoms. The van der Waals surface area contributed by atoms with Crippen LogP contribution < -0.4 is 5.32 Å². The second-order valence-corrected chi connectivity index (χ2v) is 10.4. The minimum absolute atomic E-state index is 0.0213. The van der Waals surface area contributed by atoms with Gasteiger partial charge >= 0.3 is 5.97 Å². The van der Waals surface area contributed by atoms with Gasteiger partial charge in [0.2, 0.25) is 5.91 Å². The molecule has 2 saturated heterocycles. The number of nitrogens with zero attached hydrogens (tertiary/aromatic N) is 1. The van der Waals surface area contributed by atoms with Crippen molar-refractivity contribution in [3.8, 4) is 0 Å². The largest absolute Gasteiger partial charge is 0.481 e. The van der Waals surface area contributed by atoms with E-state index in [4.69, 9.17) is 27.9 Å². The van der Waals surface area contributed by atoms with E-state index in [9.17, 15) is 14.7 Å². The van der Waals surface area contributed by atoms with Crippen molar-refractivity contribution in [2.24, 2.45) is 11.8 Å². The molecule has 0 aromatic heterocycles. The Morgan fingerprint density at radius 1 is 1.11 bits per heavy atom. The molecule has 2 aliphatic rings. The fraction of sp³-hybridized carbons (Fsp3) is 0.481. The van der Waals surface area contributed by atoms with Gasteiger partial charge in [-0.3, -0.25) is 14.5 Å². The van der Waals surface area contributed by atoms with Gasteiger partial charge in [-0.05, 0) is 60.6 Å². The van der Waals surface area contributed by atoms with E-state index in [2.05, 4.69) is 10.2 Å². The Kier molecular flexibility index (Phi) is 9.06. The number of carbonyl (C=O) groups is 2. The van der Waals surface area contributed by atoms with E-state index in [0.29, 0.717) is 29.7 Å². The highest BCUT2D eigenvalue weighted by atomic mass is 35.5. The quantitative estimate of drug-likeness (QED) is 0.505. The molecular formula is C27H32Cl2N2O4. The van der Waals surface area contributed by atoms with Gasteiger partial charge in [0.15, 0.2) is 0 Å². The first kappa shape index (κ1) is 26.0. The lowest BCUT2D eigenvalue weighted by Gasteiger charge is -2.43. The molecule has 0 spiro atoms. The van der Waals surface area contributed by atoms with Gasteiger partial charge in [-0.25, -0.2) is 0 Å². The number of ether oxygens (including phenoxy) is 1. The predicted octanol–water partition coefficient (Wildman–Crippen LogP) is 4.64. The van der Waals surface area contributed by atoms with Crippen LogP contribution in [0.3, 0.4) is 0 Å². The third-order valence-electron chi connectivity index (χ3n) is 7.17. The van der Waals surface area contributed by atoms with Crippen molar-refractivity contribution < 1.29 is 19.4 Å². The normalized spacial score (nSPS) is 24.1. The van der Waals surface area contributed by atoms with Crippen molar-refractivity contribution in [1.82, 2.24) is 10.2 Å². The topological polar surface area (TPSA) is 78.9 Å². The van der Waals surface area contributed by atoms with E-state index in [1.807, 2.05) is 48.5 Å². The Morgan fingerprint density at radius 3 is 2.54 bits per heavy atom. The van der Waals surface area contributed by atoms with Crippen molar-refractivity contribution in [2.75, 3.05) is 32.8 Å². The maximum absolute atomic E-state index is 13.0. The van der Waals surface area contributed by atoms with Crippen LogP contribution in [0.25, 0.3) is 0 Å². The first-order chi connectivity index (χ1) is 16.9. The van der Waals surface area contributed by atoms with Crippen molar-refractivity contribution in [2.45, 2.75) is 37.6 Å². The Hall–Kier alpha value is -2.12. The highest BCUT2D eigenvalue weighted by Gasteiger charge is 2.41. The van der Waals surface area contributed by atoms with E-state index >= 15 is 0 Å². The number of carbonyl (C=O) groups excluding carboxylic acids is 1. The molecule has 8 heteroatoms. The van der Waals surface area contributed by atoms with Crippen LogP contribution in [0.5, 0.6) is 0 Å².